The summed E-state index contributed by atoms with van der Waals surface area (Å²) in [7, 11) is 0. The summed E-state index contributed by atoms with van der Waals surface area (Å²) < 4.78 is 18.1. The number of nitrogens with one attached hydrogen (secondary N) is 1. The molecule has 2 amide bonds. The highest BCUT2D eigenvalue weighted by Gasteiger charge is 2.22. The highest BCUT2D eigenvalue weighted by atomic mass is 19.1. The first-order valence-corrected chi connectivity index (χ1v) is 8.87. The van der Waals surface area contributed by atoms with Crippen LogP contribution in [0.25, 0.3) is 11.4 Å². The predicted octanol–water partition coefficient (Wildman–Crippen LogP) is 2.93. The molecule has 1 aliphatic rings. The Kier molecular flexibility index (Phi) is 4.84. The molecule has 2 aromatic carbocycles. The lowest BCUT2D eigenvalue weighted by Gasteiger charge is -2.16. The number of amides is 2. The summed E-state index contributed by atoms with van der Waals surface area (Å²) in [5.41, 5.74) is 1.77. The molecule has 28 heavy (non-hydrogen) atoms. The summed E-state index contributed by atoms with van der Waals surface area (Å²) in [6.07, 6.45) is 1.35. The average molecular weight is 380 g/mol. The summed E-state index contributed by atoms with van der Waals surface area (Å²) in [5, 5.41) is 6.56. The minimum absolute atomic E-state index is 0.0555. The summed E-state index contributed by atoms with van der Waals surface area (Å²) in [6, 6.07) is 12.6. The van der Waals surface area contributed by atoms with E-state index < -0.39 is 0 Å². The van der Waals surface area contributed by atoms with Gasteiger partial charge in [0.1, 0.15) is 5.82 Å². The number of benzene rings is 2. The smallest absolute Gasteiger partial charge is 0.251 e. The van der Waals surface area contributed by atoms with Crippen LogP contribution in [0.4, 0.5) is 10.1 Å². The highest BCUT2D eigenvalue weighted by molar-refractivity contribution is 5.99. The van der Waals surface area contributed by atoms with Gasteiger partial charge < -0.3 is 14.7 Å². The van der Waals surface area contributed by atoms with E-state index in [1.807, 2.05) is 6.07 Å². The van der Waals surface area contributed by atoms with Gasteiger partial charge in [0.05, 0.1) is 6.54 Å². The van der Waals surface area contributed by atoms with E-state index in [-0.39, 0.29) is 30.1 Å². The second-order valence-corrected chi connectivity index (χ2v) is 6.40. The van der Waals surface area contributed by atoms with Gasteiger partial charge in [-0.2, -0.15) is 4.98 Å². The highest BCUT2D eigenvalue weighted by Crippen LogP contribution is 2.22. The van der Waals surface area contributed by atoms with Crippen molar-refractivity contribution in [2.45, 2.75) is 19.4 Å². The lowest BCUT2D eigenvalue weighted by Crippen LogP contribution is -2.25. The van der Waals surface area contributed by atoms with E-state index >= 15 is 0 Å². The largest absolute Gasteiger partial charge is 0.343 e. The average Bonchev–Trinajstić information content (AvgIpc) is 3.36. The van der Waals surface area contributed by atoms with Crippen LogP contribution in [0.3, 0.4) is 0 Å². The van der Waals surface area contributed by atoms with Crippen LogP contribution in [-0.4, -0.2) is 28.5 Å². The fraction of sp³-hybridized carbons (Fsp3) is 0.200. The van der Waals surface area contributed by atoms with Crippen molar-refractivity contribution in [2.75, 3.05) is 11.4 Å². The number of carbonyl (C=O) groups is 2. The summed E-state index contributed by atoms with van der Waals surface area (Å²) in [5.74, 6) is -0.0401. The van der Waals surface area contributed by atoms with E-state index in [0.29, 0.717) is 35.6 Å². The molecule has 0 saturated carbocycles. The number of hydrogen-bond donors (Lipinski definition) is 1. The zero-order valence-electron chi connectivity index (χ0n) is 14.9. The molecule has 0 atom stereocenters. The van der Waals surface area contributed by atoms with Crippen molar-refractivity contribution < 1.29 is 18.5 Å². The van der Waals surface area contributed by atoms with Gasteiger partial charge in [-0.15, -0.1) is 0 Å². The van der Waals surface area contributed by atoms with E-state index in [4.69, 9.17) is 4.52 Å². The third-order valence-corrected chi connectivity index (χ3v) is 4.46. The summed E-state index contributed by atoms with van der Waals surface area (Å²) in [6.45, 7) is 0.720. The molecular weight excluding hydrogens is 363 g/mol. The Balaban J connectivity index is 1.41. The van der Waals surface area contributed by atoms with E-state index in [1.165, 1.54) is 12.1 Å². The quantitative estimate of drug-likeness (QED) is 0.735. The van der Waals surface area contributed by atoms with Gasteiger partial charge in [0, 0.05) is 29.8 Å². The van der Waals surface area contributed by atoms with Crippen molar-refractivity contribution >= 4 is 17.5 Å². The normalized spacial score (nSPS) is 13.8. The maximum Gasteiger partial charge on any atom is 0.251 e. The van der Waals surface area contributed by atoms with Gasteiger partial charge in [-0.25, -0.2) is 4.39 Å². The van der Waals surface area contributed by atoms with Gasteiger partial charge in [0.15, 0.2) is 0 Å². The third kappa shape index (κ3) is 3.75. The molecule has 0 unspecified atom stereocenters. The minimum Gasteiger partial charge on any atom is -0.343 e. The molecule has 3 aromatic rings. The van der Waals surface area contributed by atoms with Crippen LogP contribution in [0.2, 0.25) is 0 Å². The number of rotatable bonds is 5. The second kappa shape index (κ2) is 7.59. The molecule has 0 spiro atoms. The van der Waals surface area contributed by atoms with Crippen LogP contribution in [0.5, 0.6) is 0 Å². The fourth-order valence-corrected chi connectivity index (χ4v) is 3.04. The molecule has 8 heteroatoms. The van der Waals surface area contributed by atoms with Crippen LogP contribution in [0, 0.1) is 5.82 Å². The van der Waals surface area contributed by atoms with Gasteiger partial charge >= 0.3 is 0 Å². The van der Waals surface area contributed by atoms with Crippen LogP contribution in [-0.2, 0) is 11.3 Å². The van der Waals surface area contributed by atoms with Gasteiger partial charge in [-0.05, 0) is 48.9 Å². The molecule has 142 valence electrons. The van der Waals surface area contributed by atoms with Crippen molar-refractivity contribution in [3.05, 3.63) is 65.8 Å². The van der Waals surface area contributed by atoms with Gasteiger partial charge in [0.25, 0.3) is 5.91 Å². The molecule has 0 aliphatic carbocycles. The Morgan fingerprint density at radius 3 is 2.79 bits per heavy atom. The van der Waals surface area contributed by atoms with Gasteiger partial charge in [0.2, 0.25) is 17.6 Å². The second-order valence-electron chi connectivity index (χ2n) is 6.40. The number of hydrogen-bond acceptors (Lipinski definition) is 5. The zero-order chi connectivity index (χ0) is 19.5. The van der Waals surface area contributed by atoms with Crippen molar-refractivity contribution in [2.24, 2.45) is 0 Å². The Bertz CT molecular complexity index is 1020. The number of aromatic nitrogens is 2. The predicted molar refractivity (Wildman–Crippen MR) is 98.9 cm³/mol. The monoisotopic (exact) mass is 380 g/mol. The van der Waals surface area contributed by atoms with Gasteiger partial charge in [-0.3, -0.25) is 9.59 Å². The Labute approximate surface area is 160 Å². The van der Waals surface area contributed by atoms with E-state index in [1.54, 1.807) is 35.2 Å². The lowest BCUT2D eigenvalue weighted by atomic mass is 10.1. The molecule has 2 heterocycles. The first kappa shape index (κ1) is 17.8. The molecule has 4 rings (SSSR count). The molecule has 1 aromatic heterocycles. The van der Waals surface area contributed by atoms with Crippen LogP contribution in [0.15, 0.2) is 53.1 Å². The van der Waals surface area contributed by atoms with Crippen LogP contribution >= 0.6 is 0 Å². The number of anilines is 1. The minimum atomic E-state index is -0.349. The molecule has 1 saturated heterocycles. The fourth-order valence-electron chi connectivity index (χ4n) is 3.04. The van der Waals surface area contributed by atoms with E-state index in [0.717, 1.165) is 6.42 Å². The van der Waals surface area contributed by atoms with Crippen molar-refractivity contribution in [1.29, 1.82) is 0 Å². The number of nitrogens with zero attached hydrogens (tertiary/aromatic N) is 3. The van der Waals surface area contributed by atoms with Crippen LogP contribution in [0.1, 0.15) is 29.1 Å². The topological polar surface area (TPSA) is 88.3 Å². The molecule has 1 fully saturated rings. The lowest BCUT2D eigenvalue weighted by molar-refractivity contribution is -0.117. The maximum absolute atomic E-state index is 13.0. The van der Waals surface area contributed by atoms with Crippen LogP contribution < -0.4 is 10.2 Å². The number of halogens is 1. The summed E-state index contributed by atoms with van der Waals surface area (Å²) in [4.78, 5) is 30.2. The molecule has 1 N–H and O–H groups in total. The zero-order valence-corrected chi connectivity index (χ0v) is 14.9. The van der Waals surface area contributed by atoms with Crippen molar-refractivity contribution in [3.8, 4) is 11.4 Å². The first-order chi connectivity index (χ1) is 13.6. The molecule has 7 nitrogen and oxygen atoms in total. The Morgan fingerprint density at radius 2 is 2.04 bits per heavy atom. The summed E-state index contributed by atoms with van der Waals surface area (Å²) >= 11 is 0. The van der Waals surface area contributed by atoms with E-state index in [2.05, 4.69) is 15.5 Å². The molecule has 1 aliphatic heterocycles. The maximum atomic E-state index is 13.0. The Hall–Kier alpha value is -3.55. The van der Waals surface area contributed by atoms with Gasteiger partial charge in [-0.1, -0.05) is 11.2 Å². The SMILES string of the molecule is O=C(NCc1nc(-c2ccc(F)cc2)no1)c1cccc(N2CCCC2=O)c1. The first-order valence-electron chi connectivity index (χ1n) is 8.87. The molecular formula is C20H17FN4O3. The van der Waals surface area contributed by atoms with Crippen molar-refractivity contribution in [3.63, 3.8) is 0 Å². The van der Waals surface area contributed by atoms with Crippen molar-refractivity contribution in [1.82, 2.24) is 15.5 Å². The standard InChI is InChI=1S/C20H17FN4O3/c21-15-8-6-13(7-9-15)19-23-17(28-24-19)12-22-20(27)14-3-1-4-16(11-14)25-10-2-5-18(25)26/h1,3-4,6-9,11H,2,5,10,12H2,(H,22,27). The van der Waals surface area contributed by atoms with E-state index in [9.17, 15) is 14.0 Å². The molecule has 0 bridgehead atoms. The third-order valence-electron chi connectivity index (χ3n) is 4.46. The number of carbonyl (C=O) groups excluding carboxylic acids is 2. The molecule has 0 radical (unpaired) electrons. The Morgan fingerprint density at radius 1 is 1.21 bits per heavy atom.